The van der Waals surface area contributed by atoms with E-state index in [9.17, 15) is 5.11 Å². The molecule has 3 aromatic rings. The Hall–Kier alpha value is -2.14. The molecule has 1 unspecified atom stereocenters. The van der Waals surface area contributed by atoms with Crippen molar-refractivity contribution in [3.8, 4) is 0 Å². The van der Waals surface area contributed by atoms with Gasteiger partial charge in [-0.05, 0) is 30.9 Å². The zero-order chi connectivity index (χ0) is 18.5. The minimum Gasteiger partial charge on any atom is -0.388 e. The largest absolute Gasteiger partial charge is 0.388 e. The number of H-pyrrole nitrogens is 1. The van der Waals surface area contributed by atoms with E-state index in [0.29, 0.717) is 12.7 Å². The van der Waals surface area contributed by atoms with Crippen LogP contribution in [-0.2, 0) is 11.3 Å². The highest BCUT2D eigenvalue weighted by Gasteiger charge is 2.21. The monoisotopic (exact) mass is 364 g/mol. The van der Waals surface area contributed by atoms with Crippen LogP contribution in [0.5, 0.6) is 0 Å². The van der Waals surface area contributed by atoms with Crippen LogP contribution in [0, 0.1) is 0 Å². The number of nitrogens with zero attached hydrogens (tertiary/aromatic N) is 1. The highest BCUT2D eigenvalue weighted by molar-refractivity contribution is 5.83. The Morgan fingerprint density at radius 1 is 1.04 bits per heavy atom. The average molecular weight is 364 g/mol. The van der Waals surface area contributed by atoms with E-state index in [1.54, 1.807) is 0 Å². The Bertz CT molecular complexity index is 838. The third kappa shape index (κ3) is 4.59. The summed E-state index contributed by atoms with van der Waals surface area (Å²) in [5.74, 6) is 0. The van der Waals surface area contributed by atoms with Crippen LogP contribution in [0.4, 0.5) is 0 Å². The number of fused-ring (bicyclic) bond motifs is 1. The molecule has 1 aliphatic rings. The second-order valence-electron chi connectivity index (χ2n) is 7.43. The second kappa shape index (κ2) is 8.70. The Morgan fingerprint density at radius 2 is 1.78 bits per heavy atom. The number of aliphatic hydroxyl groups excluding tert-OH is 1. The Kier molecular flexibility index (Phi) is 5.87. The number of hydrogen-bond acceptors (Lipinski definition) is 3. The fourth-order valence-corrected chi connectivity index (χ4v) is 3.92. The summed E-state index contributed by atoms with van der Waals surface area (Å²) in [5, 5.41) is 11.8. The molecule has 0 saturated carbocycles. The van der Waals surface area contributed by atoms with Gasteiger partial charge in [-0.25, -0.2) is 0 Å². The fraction of sp³-hybridized carbons (Fsp3) is 0.391. The normalized spacial score (nSPS) is 17.4. The van der Waals surface area contributed by atoms with Crippen LogP contribution in [-0.4, -0.2) is 40.7 Å². The topological polar surface area (TPSA) is 48.5 Å². The highest BCUT2D eigenvalue weighted by Crippen LogP contribution is 2.26. The lowest BCUT2D eigenvalue weighted by atomic mass is 10.0. The number of para-hydroxylation sites is 1. The van der Waals surface area contributed by atoms with Crippen molar-refractivity contribution in [2.45, 2.75) is 38.1 Å². The lowest BCUT2D eigenvalue weighted by Gasteiger charge is -2.32. The fourth-order valence-electron chi connectivity index (χ4n) is 3.92. The van der Waals surface area contributed by atoms with Crippen LogP contribution in [0.25, 0.3) is 10.9 Å². The third-order valence-corrected chi connectivity index (χ3v) is 5.56. The van der Waals surface area contributed by atoms with E-state index in [1.807, 2.05) is 30.5 Å². The highest BCUT2D eigenvalue weighted by atomic mass is 16.5. The van der Waals surface area contributed by atoms with Crippen molar-refractivity contribution >= 4 is 10.9 Å². The van der Waals surface area contributed by atoms with Gasteiger partial charge in [-0.2, -0.15) is 0 Å². The Labute approximate surface area is 160 Å². The van der Waals surface area contributed by atoms with Gasteiger partial charge in [0.1, 0.15) is 0 Å². The lowest BCUT2D eigenvalue weighted by Crippen LogP contribution is -2.37. The smallest absolute Gasteiger partial charge is 0.0822 e. The third-order valence-electron chi connectivity index (χ3n) is 5.56. The van der Waals surface area contributed by atoms with Crippen LogP contribution in [0.15, 0.2) is 60.8 Å². The van der Waals surface area contributed by atoms with Crippen molar-refractivity contribution in [1.29, 1.82) is 0 Å². The van der Waals surface area contributed by atoms with Crippen molar-refractivity contribution in [1.82, 2.24) is 9.88 Å². The molecule has 0 bridgehead atoms. The van der Waals surface area contributed by atoms with Gasteiger partial charge in [0.15, 0.2) is 0 Å². The maximum absolute atomic E-state index is 10.6. The minimum atomic E-state index is -0.423. The number of aliphatic hydroxyl groups is 1. The van der Waals surface area contributed by atoms with Crippen LogP contribution in [0.3, 0.4) is 0 Å². The van der Waals surface area contributed by atoms with Crippen LogP contribution >= 0.6 is 0 Å². The zero-order valence-electron chi connectivity index (χ0n) is 15.7. The summed E-state index contributed by atoms with van der Waals surface area (Å²) in [4.78, 5) is 5.70. The maximum atomic E-state index is 10.6. The van der Waals surface area contributed by atoms with Crippen molar-refractivity contribution in [2.24, 2.45) is 0 Å². The first-order valence-electron chi connectivity index (χ1n) is 9.91. The molecule has 2 heterocycles. The molecule has 1 saturated heterocycles. The average Bonchev–Trinajstić information content (AvgIpc) is 3.16. The van der Waals surface area contributed by atoms with Gasteiger partial charge in [-0.3, -0.25) is 0 Å². The summed E-state index contributed by atoms with van der Waals surface area (Å²) < 4.78 is 6.07. The van der Waals surface area contributed by atoms with Crippen molar-refractivity contribution in [2.75, 3.05) is 19.6 Å². The molecule has 27 heavy (non-hydrogen) atoms. The molecule has 1 aromatic heterocycles. The first-order valence-corrected chi connectivity index (χ1v) is 9.91. The van der Waals surface area contributed by atoms with Crippen molar-refractivity contribution < 1.29 is 9.84 Å². The molecule has 0 amide bonds. The summed E-state index contributed by atoms with van der Waals surface area (Å²) in [6.45, 7) is 3.71. The predicted octanol–water partition coefficient (Wildman–Crippen LogP) is 4.27. The summed E-state index contributed by atoms with van der Waals surface area (Å²) in [6.07, 6.45) is 4.76. The summed E-state index contributed by atoms with van der Waals surface area (Å²) >= 11 is 0. The summed E-state index contributed by atoms with van der Waals surface area (Å²) in [5.41, 5.74) is 3.33. The van der Waals surface area contributed by atoms with E-state index in [4.69, 9.17) is 4.74 Å². The van der Waals surface area contributed by atoms with Gasteiger partial charge in [-0.15, -0.1) is 0 Å². The van der Waals surface area contributed by atoms with Crippen LogP contribution in [0.2, 0.25) is 0 Å². The molecule has 142 valence electrons. The van der Waals surface area contributed by atoms with Gasteiger partial charge in [0, 0.05) is 42.3 Å². The Morgan fingerprint density at radius 3 is 2.59 bits per heavy atom. The van der Waals surface area contributed by atoms with E-state index < -0.39 is 6.10 Å². The zero-order valence-corrected chi connectivity index (χ0v) is 15.7. The molecule has 4 heteroatoms. The molecule has 4 nitrogen and oxygen atoms in total. The summed E-state index contributed by atoms with van der Waals surface area (Å²) in [7, 11) is 0. The molecule has 0 spiro atoms. The van der Waals surface area contributed by atoms with E-state index >= 15 is 0 Å². The predicted molar refractivity (Wildman–Crippen MR) is 109 cm³/mol. The minimum absolute atomic E-state index is 0.347. The number of likely N-dealkylation sites (tertiary alicyclic amines) is 1. The van der Waals surface area contributed by atoms with Gasteiger partial charge >= 0.3 is 0 Å². The number of benzene rings is 2. The van der Waals surface area contributed by atoms with Gasteiger partial charge in [0.2, 0.25) is 0 Å². The first-order chi connectivity index (χ1) is 13.3. The molecular weight excluding hydrogens is 336 g/mol. The molecular formula is C23H28N2O2. The van der Waals surface area contributed by atoms with Crippen molar-refractivity contribution in [3.05, 3.63) is 71.9 Å². The molecule has 0 radical (unpaired) electrons. The van der Waals surface area contributed by atoms with Crippen LogP contribution in [0.1, 0.15) is 36.5 Å². The maximum Gasteiger partial charge on any atom is 0.0822 e. The number of hydrogen-bond donors (Lipinski definition) is 2. The van der Waals surface area contributed by atoms with E-state index in [1.165, 1.54) is 5.56 Å². The number of piperidine rings is 1. The molecule has 0 aliphatic carbocycles. The summed E-state index contributed by atoms with van der Waals surface area (Å²) in [6, 6.07) is 18.5. The molecule has 1 aliphatic heterocycles. The standard InChI is InChI=1S/C23H28N2O2/c26-23(21-16-24-22-9-5-4-8-20(21)22)12-15-25-13-10-19(11-14-25)27-17-18-6-2-1-3-7-18/h1-9,16,19,23-24,26H,10-15,17H2. The van der Waals surface area contributed by atoms with Gasteiger partial charge in [-0.1, -0.05) is 48.5 Å². The van der Waals surface area contributed by atoms with Gasteiger partial charge < -0.3 is 19.7 Å². The lowest BCUT2D eigenvalue weighted by molar-refractivity contribution is -0.00464. The SMILES string of the molecule is OC(CCN1CCC(OCc2ccccc2)CC1)c1c[nH]c2ccccc12. The van der Waals surface area contributed by atoms with E-state index in [2.05, 4.69) is 40.2 Å². The molecule has 2 N–H and O–H groups in total. The van der Waals surface area contributed by atoms with E-state index in [0.717, 1.165) is 55.4 Å². The molecule has 1 fully saturated rings. The van der Waals surface area contributed by atoms with Gasteiger partial charge in [0.05, 0.1) is 18.8 Å². The number of ether oxygens (including phenoxy) is 1. The van der Waals surface area contributed by atoms with Gasteiger partial charge in [0.25, 0.3) is 0 Å². The quantitative estimate of drug-likeness (QED) is 0.658. The molecule has 1 atom stereocenters. The van der Waals surface area contributed by atoms with Crippen molar-refractivity contribution in [3.63, 3.8) is 0 Å². The Balaban J connectivity index is 1.21. The number of aromatic nitrogens is 1. The number of aromatic amines is 1. The number of nitrogens with one attached hydrogen (secondary N) is 1. The van der Waals surface area contributed by atoms with Crippen LogP contribution < -0.4 is 0 Å². The molecule has 4 rings (SSSR count). The first kappa shape index (κ1) is 18.2. The molecule has 2 aromatic carbocycles. The number of rotatable bonds is 7. The second-order valence-corrected chi connectivity index (χ2v) is 7.43. The van der Waals surface area contributed by atoms with E-state index in [-0.39, 0.29) is 0 Å².